The molecule has 1 aliphatic rings. The van der Waals surface area contributed by atoms with Gasteiger partial charge in [-0.1, -0.05) is 9.05 Å². The van der Waals surface area contributed by atoms with Crippen molar-refractivity contribution in [3.8, 4) is 0 Å². The Bertz CT molecular complexity index is 169. The molecule has 2 N–H and O–H groups in total. The van der Waals surface area contributed by atoms with E-state index in [0.717, 1.165) is 0 Å². The third-order valence-corrected chi connectivity index (χ3v) is 2.82. The van der Waals surface area contributed by atoms with Gasteiger partial charge in [0.1, 0.15) is 0 Å². The van der Waals surface area contributed by atoms with Crippen molar-refractivity contribution in [2.24, 2.45) is 5.73 Å². The van der Waals surface area contributed by atoms with Crippen molar-refractivity contribution in [1.82, 2.24) is 0 Å². The molecule has 8 heteroatoms. The summed E-state index contributed by atoms with van der Waals surface area (Å²) in [4.78, 5) is 0. The number of hydrogen-bond donors (Lipinski definition) is 1. The van der Waals surface area contributed by atoms with Gasteiger partial charge >= 0.3 is 16.5 Å². The highest BCUT2D eigenvalue weighted by atomic mass is 31.2. The van der Waals surface area contributed by atoms with E-state index in [9.17, 15) is 9.13 Å². The summed E-state index contributed by atoms with van der Waals surface area (Å²) in [6.07, 6.45) is -0.410. The van der Waals surface area contributed by atoms with Crippen molar-refractivity contribution in [3.63, 3.8) is 0 Å². The molecular weight excluding hydrogens is 192 g/mol. The molecule has 2 atom stereocenters. The summed E-state index contributed by atoms with van der Waals surface area (Å²) in [6, 6.07) is 0. The van der Waals surface area contributed by atoms with Crippen LogP contribution in [0.3, 0.4) is 0 Å². The van der Waals surface area contributed by atoms with Crippen molar-refractivity contribution in [2.75, 3.05) is 6.54 Å². The lowest BCUT2D eigenvalue weighted by atomic mass is 10.4. The molecule has 0 amide bonds. The van der Waals surface area contributed by atoms with Crippen molar-refractivity contribution in [3.05, 3.63) is 0 Å². The van der Waals surface area contributed by atoms with E-state index < -0.39 is 22.8 Å². The molecule has 0 radical (unpaired) electrons. The maximum Gasteiger partial charge on any atom is 0.750 e. The summed E-state index contributed by atoms with van der Waals surface area (Å²) in [6.45, 7) is 0.316. The molecule has 0 aromatic heterocycles. The van der Waals surface area contributed by atoms with Gasteiger partial charge in [-0.3, -0.25) is 0 Å². The minimum absolute atomic E-state index is 0.316. The molecule has 1 saturated heterocycles. The molecule has 1 fully saturated rings. The van der Waals surface area contributed by atoms with Gasteiger partial charge < -0.3 is 5.73 Å². The maximum absolute atomic E-state index is 10.6. The molecule has 6 nitrogen and oxygen atoms in total. The quantitative estimate of drug-likeness (QED) is 0.668. The Hall–Kier alpha value is 0.0400. The molecule has 0 spiro atoms. The first-order valence-electron chi connectivity index (χ1n) is 2.88. The lowest BCUT2D eigenvalue weighted by Crippen LogP contribution is -2.18. The fourth-order valence-corrected chi connectivity index (χ4v) is 2.04. The van der Waals surface area contributed by atoms with E-state index in [1.807, 2.05) is 0 Å². The van der Waals surface area contributed by atoms with Crippen LogP contribution >= 0.6 is 16.5 Å². The fourth-order valence-electron chi connectivity index (χ4n) is 0.546. The van der Waals surface area contributed by atoms with Gasteiger partial charge in [0, 0.05) is 15.6 Å². The van der Waals surface area contributed by atoms with Crippen molar-refractivity contribution < 1.29 is 22.5 Å². The monoisotopic (exact) mass is 199 g/mol. The predicted octanol–water partition coefficient (Wildman–Crippen LogP) is 1.04. The highest BCUT2D eigenvalue weighted by Gasteiger charge is 2.51. The maximum atomic E-state index is 10.6. The van der Waals surface area contributed by atoms with Crippen LogP contribution in [0, 0.1) is 0 Å². The van der Waals surface area contributed by atoms with Crippen LogP contribution in [-0.4, -0.2) is 12.8 Å². The highest BCUT2D eigenvalue weighted by Crippen LogP contribution is 2.47. The van der Waals surface area contributed by atoms with Crippen LogP contribution in [0.2, 0.25) is 0 Å². The molecule has 62 valence electrons. The summed E-state index contributed by atoms with van der Waals surface area (Å²) in [7, 11) is -4.59. The Morgan fingerprint density at radius 2 is 1.82 bits per heavy atom. The Kier molecular flexibility index (Phi) is 3.45. The van der Waals surface area contributed by atoms with Gasteiger partial charge in [-0.25, -0.2) is 0 Å². The summed E-state index contributed by atoms with van der Waals surface area (Å²) in [5.41, 5.74) is 5.16. The molecule has 0 saturated carbocycles. The van der Waals surface area contributed by atoms with E-state index in [2.05, 4.69) is 13.4 Å². The summed E-state index contributed by atoms with van der Waals surface area (Å²) >= 11 is 0. The van der Waals surface area contributed by atoms with Crippen LogP contribution in [0.5, 0.6) is 0 Å². The molecule has 0 aliphatic carbocycles. The van der Waals surface area contributed by atoms with Crippen LogP contribution in [0.1, 0.15) is 6.42 Å². The first-order chi connectivity index (χ1) is 5.22. The lowest BCUT2D eigenvalue weighted by molar-refractivity contribution is -0.0187. The molecule has 0 bridgehead atoms. The predicted molar refractivity (Wildman–Crippen MR) is 35.9 cm³/mol. The molecule has 1 heterocycles. The summed E-state index contributed by atoms with van der Waals surface area (Å²) < 4.78 is 34.5. The van der Waals surface area contributed by atoms with Crippen LogP contribution in [-0.2, 0) is 22.5 Å². The van der Waals surface area contributed by atoms with E-state index >= 15 is 0 Å². The largest absolute Gasteiger partial charge is 0.750 e. The third kappa shape index (κ3) is 2.87. The fraction of sp³-hybridized carbons (Fsp3) is 1.00. The molecule has 0 aromatic carbocycles. The van der Waals surface area contributed by atoms with E-state index in [1.54, 1.807) is 0 Å². The Balaban J connectivity index is 2.43. The van der Waals surface area contributed by atoms with Gasteiger partial charge in [0.15, 0.2) is 4.31 Å². The van der Waals surface area contributed by atoms with Crippen molar-refractivity contribution in [1.29, 1.82) is 0 Å². The van der Waals surface area contributed by atoms with Crippen LogP contribution in [0.25, 0.3) is 0 Å². The number of hydrogen-bond acceptors (Lipinski definition) is 6. The highest BCUT2D eigenvalue weighted by molar-refractivity contribution is 7.48. The Morgan fingerprint density at radius 1 is 1.27 bits per heavy atom. The SMILES string of the molecule is NCCC1O[P+](=O)O[P+](=O)O1. The zero-order valence-electron chi connectivity index (χ0n) is 5.50. The second kappa shape index (κ2) is 4.16. The van der Waals surface area contributed by atoms with Crippen LogP contribution in [0.15, 0.2) is 0 Å². The van der Waals surface area contributed by atoms with Crippen LogP contribution < -0.4 is 5.73 Å². The normalized spacial score (nSPS) is 32.3. The minimum Gasteiger partial charge on any atom is -0.330 e. The third-order valence-electron chi connectivity index (χ3n) is 0.943. The van der Waals surface area contributed by atoms with Crippen molar-refractivity contribution >= 4 is 16.5 Å². The Labute approximate surface area is 64.9 Å². The van der Waals surface area contributed by atoms with Gasteiger partial charge in [0.2, 0.25) is 0 Å². The van der Waals surface area contributed by atoms with E-state index in [-0.39, 0.29) is 0 Å². The zero-order valence-corrected chi connectivity index (χ0v) is 7.29. The van der Waals surface area contributed by atoms with Crippen LogP contribution in [0.4, 0.5) is 0 Å². The van der Waals surface area contributed by atoms with Gasteiger partial charge in [0.05, 0.1) is 0 Å². The topological polar surface area (TPSA) is 87.9 Å². The average molecular weight is 199 g/mol. The first-order valence-corrected chi connectivity index (χ1v) is 5.07. The standard InChI is InChI=1S/C3H7NO5P2/c4-2-1-3-7-10(5)9-11(6)8-3/h3H,1-2,4H2/q+2. The summed E-state index contributed by atoms with van der Waals surface area (Å²) in [5.74, 6) is 0. The molecule has 2 unspecified atom stereocenters. The smallest absolute Gasteiger partial charge is 0.330 e. The first kappa shape index (κ1) is 9.13. The van der Waals surface area contributed by atoms with Crippen molar-refractivity contribution in [2.45, 2.75) is 12.7 Å². The second-order valence-electron chi connectivity index (χ2n) is 1.75. The van der Waals surface area contributed by atoms with Gasteiger partial charge in [0.25, 0.3) is 6.29 Å². The van der Waals surface area contributed by atoms with E-state index in [0.29, 0.717) is 13.0 Å². The van der Waals surface area contributed by atoms with E-state index in [4.69, 9.17) is 5.73 Å². The minimum atomic E-state index is -2.30. The lowest BCUT2D eigenvalue weighted by Gasteiger charge is -2.01. The molecule has 1 aliphatic heterocycles. The average Bonchev–Trinajstić information content (AvgIpc) is 1.85. The zero-order chi connectivity index (χ0) is 8.27. The Morgan fingerprint density at radius 3 is 2.27 bits per heavy atom. The summed E-state index contributed by atoms with van der Waals surface area (Å²) in [5, 5.41) is 0. The van der Waals surface area contributed by atoms with Gasteiger partial charge in [-0.2, -0.15) is 0 Å². The van der Waals surface area contributed by atoms with Gasteiger partial charge in [-0.05, 0) is 6.54 Å². The van der Waals surface area contributed by atoms with Gasteiger partial charge in [-0.15, -0.1) is 0 Å². The number of nitrogens with two attached hydrogens (primary N) is 1. The molecular formula is C3H7NO5P2+2. The molecule has 11 heavy (non-hydrogen) atoms. The molecule has 1 rings (SSSR count). The molecule has 0 aromatic rings. The van der Waals surface area contributed by atoms with E-state index in [1.165, 1.54) is 0 Å². The second-order valence-corrected chi connectivity index (χ2v) is 3.72. The number of rotatable bonds is 2.